The van der Waals surface area contributed by atoms with E-state index in [2.05, 4.69) is 9.68 Å². The molecule has 7 heteroatoms. The Balaban J connectivity index is 2.26. The minimum absolute atomic E-state index is 0.0651. The van der Waals surface area contributed by atoms with Crippen molar-refractivity contribution in [1.29, 1.82) is 0 Å². The van der Waals surface area contributed by atoms with Crippen molar-refractivity contribution in [3.05, 3.63) is 47.3 Å². The van der Waals surface area contributed by atoms with Crippen LogP contribution in [-0.4, -0.2) is 11.4 Å². The lowest BCUT2D eigenvalue weighted by atomic mass is 10.1. The van der Waals surface area contributed by atoms with E-state index in [-0.39, 0.29) is 17.9 Å². The van der Waals surface area contributed by atoms with Crippen LogP contribution in [0.3, 0.4) is 0 Å². The highest BCUT2D eigenvalue weighted by Crippen LogP contribution is 2.36. The Kier molecular flexibility index (Phi) is 3.55. The molecule has 0 unspecified atom stereocenters. The maximum absolute atomic E-state index is 12.8. The number of carbonyl (C=O) groups excluding carboxylic acids is 1. The summed E-state index contributed by atoms with van der Waals surface area (Å²) in [5.41, 5.74) is -0.550. The van der Waals surface area contributed by atoms with Gasteiger partial charge in [0.05, 0.1) is 11.8 Å². The number of hydrogen-bond donors (Lipinski definition) is 0. The second kappa shape index (κ2) is 5.13. The van der Waals surface area contributed by atoms with Gasteiger partial charge in [-0.3, -0.25) is 4.79 Å². The van der Waals surface area contributed by atoms with E-state index in [0.29, 0.717) is 11.8 Å². The normalized spacial score (nSPS) is 11.3. The molecule has 0 aliphatic heterocycles. The zero-order valence-corrected chi connectivity index (χ0v) is 9.48. The highest BCUT2D eigenvalue weighted by molar-refractivity contribution is 5.75. The molecule has 0 N–H and O–H groups in total. The lowest BCUT2D eigenvalue weighted by Gasteiger charge is -2.13. The predicted molar refractivity (Wildman–Crippen MR) is 57.7 cm³/mol. The fourth-order valence-corrected chi connectivity index (χ4v) is 1.43. The molecule has 1 aromatic carbocycles. The van der Waals surface area contributed by atoms with Crippen LogP contribution in [0.25, 0.3) is 0 Å². The fraction of sp³-hybridized carbons (Fsp3) is 0.167. The summed E-state index contributed by atoms with van der Waals surface area (Å²) in [5, 5.41) is 3.41. The highest BCUT2D eigenvalue weighted by atomic mass is 19.4. The molecule has 0 fully saturated rings. The number of nitrogens with zero attached hydrogens (tertiary/aromatic N) is 1. The van der Waals surface area contributed by atoms with Crippen LogP contribution < -0.4 is 4.74 Å². The zero-order chi connectivity index (χ0) is 13.9. The third-order valence-electron chi connectivity index (χ3n) is 2.32. The van der Waals surface area contributed by atoms with Gasteiger partial charge >= 0.3 is 6.18 Å². The quantitative estimate of drug-likeness (QED) is 0.802. The van der Waals surface area contributed by atoms with E-state index in [0.717, 1.165) is 12.1 Å². The van der Waals surface area contributed by atoms with Crippen LogP contribution in [-0.2, 0) is 12.8 Å². The number of aromatic nitrogens is 1. The first kappa shape index (κ1) is 13.1. The van der Waals surface area contributed by atoms with Gasteiger partial charge in [-0.15, -0.1) is 0 Å². The summed E-state index contributed by atoms with van der Waals surface area (Å²) in [5.74, 6) is -0.348. The van der Waals surface area contributed by atoms with E-state index in [4.69, 9.17) is 4.74 Å². The predicted octanol–water partition coefficient (Wildman–Crippen LogP) is 3.08. The van der Waals surface area contributed by atoms with Crippen LogP contribution in [0.2, 0.25) is 0 Å². The number of benzene rings is 1. The topological polar surface area (TPSA) is 52.3 Å². The average molecular weight is 271 g/mol. The number of carbonyl (C=O) groups is 1. The zero-order valence-electron chi connectivity index (χ0n) is 9.48. The molecule has 4 nitrogen and oxygen atoms in total. The van der Waals surface area contributed by atoms with Crippen molar-refractivity contribution in [2.75, 3.05) is 0 Å². The summed E-state index contributed by atoms with van der Waals surface area (Å²) in [6.07, 6.45) is -1.64. The van der Waals surface area contributed by atoms with Crippen molar-refractivity contribution in [1.82, 2.24) is 5.16 Å². The molecule has 2 aromatic rings. The average Bonchev–Trinajstić information content (AvgIpc) is 2.88. The number of ether oxygens (including phenoxy) is 1. The van der Waals surface area contributed by atoms with Gasteiger partial charge in [-0.1, -0.05) is 5.16 Å². The number of hydrogen-bond acceptors (Lipinski definition) is 4. The molecule has 0 aliphatic rings. The molecule has 2 rings (SSSR count). The molecule has 1 aromatic heterocycles. The molecule has 0 saturated heterocycles. The smallest absolute Gasteiger partial charge is 0.419 e. The van der Waals surface area contributed by atoms with Gasteiger partial charge in [0.2, 0.25) is 0 Å². The summed E-state index contributed by atoms with van der Waals surface area (Å²) in [6, 6.07) is 3.11. The monoisotopic (exact) mass is 271 g/mol. The largest absolute Gasteiger partial charge is 0.488 e. The van der Waals surface area contributed by atoms with Crippen molar-refractivity contribution in [3.8, 4) is 5.75 Å². The maximum Gasteiger partial charge on any atom is 0.419 e. The Hall–Kier alpha value is -2.31. The summed E-state index contributed by atoms with van der Waals surface area (Å²) in [6.45, 7) is -0.104. The van der Waals surface area contributed by atoms with Gasteiger partial charge in [-0.25, -0.2) is 0 Å². The summed E-state index contributed by atoms with van der Waals surface area (Å²) in [7, 11) is 0. The molecule has 0 bridgehead atoms. The van der Waals surface area contributed by atoms with Crippen LogP contribution in [0, 0.1) is 0 Å². The third-order valence-corrected chi connectivity index (χ3v) is 2.32. The standard InChI is InChI=1S/C12H8F3NO3/c13-12(14,15)10-3-8(5-17)1-2-11(10)18-6-9-4-16-19-7-9/h1-5,7H,6H2. The minimum atomic E-state index is -4.59. The van der Waals surface area contributed by atoms with Crippen LogP contribution in [0.1, 0.15) is 21.5 Å². The van der Waals surface area contributed by atoms with Crippen LogP contribution in [0.15, 0.2) is 35.2 Å². The molecule has 19 heavy (non-hydrogen) atoms. The SMILES string of the molecule is O=Cc1ccc(OCc2cnoc2)c(C(F)(F)F)c1. The second-order valence-corrected chi connectivity index (χ2v) is 3.69. The molecule has 0 spiro atoms. The van der Waals surface area contributed by atoms with Gasteiger partial charge in [0.1, 0.15) is 24.9 Å². The molecule has 0 saturated carbocycles. The van der Waals surface area contributed by atoms with Crippen LogP contribution in [0.5, 0.6) is 5.75 Å². The van der Waals surface area contributed by atoms with Gasteiger partial charge in [0, 0.05) is 11.1 Å². The van der Waals surface area contributed by atoms with Crippen LogP contribution in [0.4, 0.5) is 13.2 Å². The third kappa shape index (κ3) is 3.12. The molecular weight excluding hydrogens is 263 g/mol. The van der Waals surface area contributed by atoms with Crippen LogP contribution >= 0.6 is 0 Å². The number of aldehydes is 1. The lowest BCUT2D eigenvalue weighted by Crippen LogP contribution is -2.09. The highest BCUT2D eigenvalue weighted by Gasteiger charge is 2.34. The number of halogens is 3. The van der Waals surface area contributed by atoms with Gasteiger partial charge in [0.25, 0.3) is 0 Å². The van der Waals surface area contributed by atoms with E-state index < -0.39 is 11.7 Å². The minimum Gasteiger partial charge on any atom is -0.488 e. The molecule has 0 atom stereocenters. The Morgan fingerprint density at radius 1 is 1.37 bits per heavy atom. The molecular formula is C12H8F3NO3. The Morgan fingerprint density at radius 3 is 2.74 bits per heavy atom. The van der Waals surface area contributed by atoms with Crippen molar-refractivity contribution in [3.63, 3.8) is 0 Å². The van der Waals surface area contributed by atoms with Crippen molar-refractivity contribution in [2.24, 2.45) is 0 Å². The maximum atomic E-state index is 12.8. The van der Waals surface area contributed by atoms with Crippen molar-refractivity contribution >= 4 is 6.29 Å². The number of rotatable bonds is 4. The lowest BCUT2D eigenvalue weighted by molar-refractivity contribution is -0.139. The second-order valence-electron chi connectivity index (χ2n) is 3.69. The Morgan fingerprint density at radius 2 is 2.16 bits per heavy atom. The van der Waals surface area contributed by atoms with Gasteiger partial charge in [-0.2, -0.15) is 13.2 Å². The van der Waals surface area contributed by atoms with Crippen molar-refractivity contribution < 1.29 is 27.2 Å². The van der Waals surface area contributed by atoms with E-state index in [1.807, 2.05) is 0 Å². The fourth-order valence-electron chi connectivity index (χ4n) is 1.43. The van der Waals surface area contributed by atoms with E-state index in [1.54, 1.807) is 0 Å². The van der Waals surface area contributed by atoms with Crippen molar-refractivity contribution in [2.45, 2.75) is 12.8 Å². The molecule has 100 valence electrons. The summed E-state index contributed by atoms with van der Waals surface area (Å²) >= 11 is 0. The molecule has 0 radical (unpaired) electrons. The molecule has 0 amide bonds. The first-order valence-corrected chi connectivity index (χ1v) is 5.18. The number of alkyl halides is 3. The summed E-state index contributed by atoms with van der Waals surface area (Å²) < 4.78 is 48.0. The summed E-state index contributed by atoms with van der Waals surface area (Å²) in [4.78, 5) is 10.5. The Labute approximate surface area is 105 Å². The van der Waals surface area contributed by atoms with Gasteiger partial charge in [0.15, 0.2) is 0 Å². The first-order valence-electron chi connectivity index (χ1n) is 5.18. The van der Waals surface area contributed by atoms with E-state index >= 15 is 0 Å². The molecule has 1 heterocycles. The first-order chi connectivity index (χ1) is 9.00. The molecule has 0 aliphatic carbocycles. The van der Waals surface area contributed by atoms with Gasteiger partial charge in [-0.05, 0) is 18.2 Å². The van der Waals surface area contributed by atoms with E-state index in [1.165, 1.54) is 18.5 Å². The Bertz CT molecular complexity index is 564. The van der Waals surface area contributed by atoms with E-state index in [9.17, 15) is 18.0 Å². The van der Waals surface area contributed by atoms with Gasteiger partial charge < -0.3 is 9.26 Å².